The molecule has 0 bridgehead atoms. The maximum absolute atomic E-state index is 12.4. The largest absolute Gasteiger partial charge is 0.475 e. The van der Waals surface area contributed by atoms with Crippen LogP contribution in [0.15, 0.2) is 21.6 Å². The van der Waals surface area contributed by atoms with Gasteiger partial charge in [-0.2, -0.15) is 17.5 Å². The lowest BCUT2D eigenvalue weighted by Gasteiger charge is -2.32. The van der Waals surface area contributed by atoms with E-state index in [0.29, 0.717) is 4.90 Å². The van der Waals surface area contributed by atoms with Crippen molar-refractivity contribution in [3.05, 3.63) is 17.9 Å². The van der Waals surface area contributed by atoms with E-state index in [-0.39, 0.29) is 25.9 Å². The van der Waals surface area contributed by atoms with E-state index in [2.05, 4.69) is 0 Å². The maximum Gasteiger partial charge on any atom is 0.406 e. The van der Waals surface area contributed by atoms with Crippen LogP contribution in [-0.4, -0.2) is 67.5 Å². The molecule has 8 nitrogen and oxygen atoms in total. The van der Waals surface area contributed by atoms with Gasteiger partial charge in [0.05, 0.1) is 0 Å². The molecule has 0 spiro atoms. The average Bonchev–Trinajstić information content (AvgIpc) is 3.03. The minimum atomic E-state index is -4.50. The fourth-order valence-corrected chi connectivity index (χ4v) is 4.08. The quantitative estimate of drug-likeness (QED) is 0.803. The van der Waals surface area contributed by atoms with Gasteiger partial charge in [0.1, 0.15) is 6.54 Å². The highest BCUT2D eigenvalue weighted by Gasteiger charge is 2.37. The minimum Gasteiger partial charge on any atom is -0.475 e. The zero-order valence-corrected chi connectivity index (χ0v) is 14.5. The molecular weight excluding hydrogens is 381 g/mol. The van der Waals surface area contributed by atoms with E-state index in [0.717, 1.165) is 23.5 Å². The predicted octanol–water partition coefficient (Wildman–Crippen LogP) is 1.40. The Morgan fingerprint density at radius 3 is 2.35 bits per heavy atom. The number of amides is 1. The van der Waals surface area contributed by atoms with Gasteiger partial charge in [-0.25, -0.2) is 13.2 Å². The molecule has 1 N–H and O–H groups in total. The first-order valence-electron chi connectivity index (χ1n) is 7.57. The normalized spacial score (nSPS) is 17.2. The van der Waals surface area contributed by atoms with Gasteiger partial charge in [-0.05, 0) is 25.0 Å². The molecule has 2 heterocycles. The standard InChI is InChI=1S/C14H17F3N2O6S/c1-18(8-14(15,16)17)12(20)9-4-6-19(7-5-9)26(23,24)11-3-2-10(25-11)13(21)22/h2-3,9H,4-8H2,1H3,(H,21,22). The number of halogens is 3. The van der Waals surface area contributed by atoms with Crippen molar-refractivity contribution in [1.82, 2.24) is 9.21 Å². The second-order valence-electron chi connectivity index (χ2n) is 5.91. The first kappa shape index (κ1) is 20.2. The Hall–Kier alpha value is -2.08. The maximum atomic E-state index is 12.4. The molecule has 0 aromatic carbocycles. The Morgan fingerprint density at radius 1 is 1.31 bits per heavy atom. The summed E-state index contributed by atoms with van der Waals surface area (Å²) in [4.78, 5) is 23.4. The highest BCUT2D eigenvalue weighted by molar-refractivity contribution is 7.89. The van der Waals surface area contributed by atoms with Gasteiger partial charge in [0, 0.05) is 26.1 Å². The third-order valence-corrected chi connectivity index (χ3v) is 5.76. The van der Waals surface area contributed by atoms with Gasteiger partial charge < -0.3 is 14.4 Å². The van der Waals surface area contributed by atoms with E-state index in [1.54, 1.807) is 0 Å². The van der Waals surface area contributed by atoms with Crippen molar-refractivity contribution in [2.45, 2.75) is 24.1 Å². The number of nitrogens with zero attached hydrogens (tertiary/aromatic N) is 2. The molecule has 0 unspecified atom stereocenters. The summed E-state index contributed by atoms with van der Waals surface area (Å²) in [5, 5.41) is 8.24. The monoisotopic (exact) mass is 398 g/mol. The van der Waals surface area contributed by atoms with Gasteiger partial charge >= 0.3 is 12.1 Å². The average molecular weight is 398 g/mol. The Labute approximate surface area is 147 Å². The topological polar surface area (TPSA) is 108 Å². The molecule has 1 aromatic rings. The summed E-state index contributed by atoms with van der Waals surface area (Å²) in [6, 6.07) is 2.03. The lowest BCUT2D eigenvalue weighted by atomic mass is 9.97. The highest BCUT2D eigenvalue weighted by Crippen LogP contribution is 2.27. The number of hydrogen-bond acceptors (Lipinski definition) is 5. The lowest BCUT2D eigenvalue weighted by molar-refractivity contribution is -0.161. The number of carboxylic acid groups (broad SMARTS) is 1. The third-order valence-electron chi connectivity index (χ3n) is 3.98. The molecule has 0 saturated carbocycles. The number of aromatic carboxylic acids is 1. The van der Waals surface area contributed by atoms with Gasteiger partial charge in [-0.3, -0.25) is 4.79 Å². The van der Waals surface area contributed by atoms with E-state index in [1.807, 2.05) is 0 Å². The molecule has 0 aliphatic carbocycles. The molecular formula is C14H17F3N2O6S. The van der Waals surface area contributed by atoms with Crippen LogP contribution >= 0.6 is 0 Å². The number of hydrogen-bond donors (Lipinski definition) is 1. The summed E-state index contributed by atoms with van der Waals surface area (Å²) in [7, 11) is -3.02. The molecule has 0 radical (unpaired) electrons. The van der Waals surface area contributed by atoms with Gasteiger partial charge in [-0.15, -0.1) is 0 Å². The second-order valence-corrected chi connectivity index (χ2v) is 7.78. The van der Waals surface area contributed by atoms with Crippen molar-refractivity contribution in [3.63, 3.8) is 0 Å². The summed E-state index contributed by atoms with van der Waals surface area (Å²) in [5.41, 5.74) is 0. The SMILES string of the molecule is CN(CC(F)(F)F)C(=O)C1CCN(S(=O)(=O)c2ccc(C(=O)O)o2)CC1. The Morgan fingerprint density at radius 2 is 1.88 bits per heavy atom. The molecule has 2 rings (SSSR count). The molecule has 1 aromatic heterocycles. The van der Waals surface area contributed by atoms with E-state index in [1.165, 1.54) is 0 Å². The van der Waals surface area contributed by atoms with Gasteiger partial charge in [0.2, 0.25) is 16.8 Å². The lowest BCUT2D eigenvalue weighted by Crippen LogP contribution is -2.45. The van der Waals surface area contributed by atoms with Crippen molar-refractivity contribution < 1.29 is 40.7 Å². The zero-order chi connectivity index (χ0) is 19.7. The number of carboxylic acids is 1. The van der Waals surface area contributed by atoms with E-state index >= 15 is 0 Å². The van der Waals surface area contributed by atoms with Crippen LogP contribution in [0, 0.1) is 5.92 Å². The van der Waals surface area contributed by atoms with Crippen LogP contribution in [0.4, 0.5) is 13.2 Å². The van der Waals surface area contributed by atoms with Crippen LogP contribution in [-0.2, 0) is 14.8 Å². The number of alkyl halides is 3. The Bertz CT molecular complexity index is 781. The second kappa shape index (κ2) is 7.27. The van der Waals surface area contributed by atoms with Crippen molar-refractivity contribution in [3.8, 4) is 0 Å². The van der Waals surface area contributed by atoms with Crippen LogP contribution in [0.1, 0.15) is 23.4 Å². The first-order chi connectivity index (χ1) is 11.9. The summed E-state index contributed by atoms with van der Waals surface area (Å²) < 4.78 is 67.7. The number of carbonyl (C=O) groups excluding carboxylic acids is 1. The van der Waals surface area contributed by atoms with E-state index < -0.39 is 51.4 Å². The number of carbonyl (C=O) groups is 2. The van der Waals surface area contributed by atoms with Crippen LogP contribution in [0.2, 0.25) is 0 Å². The molecule has 1 saturated heterocycles. The van der Waals surface area contributed by atoms with Crippen molar-refractivity contribution in [1.29, 1.82) is 0 Å². The predicted molar refractivity (Wildman–Crippen MR) is 80.8 cm³/mol. The Kier molecular flexibility index (Phi) is 5.66. The van der Waals surface area contributed by atoms with Crippen molar-refractivity contribution in [2.24, 2.45) is 5.92 Å². The van der Waals surface area contributed by atoms with Crippen LogP contribution in [0.5, 0.6) is 0 Å². The molecule has 146 valence electrons. The fourth-order valence-electron chi connectivity index (χ4n) is 2.70. The highest BCUT2D eigenvalue weighted by atomic mass is 32.2. The van der Waals surface area contributed by atoms with Gasteiger partial charge in [-0.1, -0.05) is 0 Å². The molecule has 12 heteroatoms. The summed E-state index contributed by atoms with van der Waals surface area (Å²) in [6.07, 6.45) is -4.38. The van der Waals surface area contributed by atoms with Crippen LogP contribution in [0.3, 0.4) is 0 Å². The smallest absolute Gasteiger partial charge is 0.406 e. The number of rotatable bonds is 5. The Balaban J connectivity index is 2.00. The van der Waals surface area contributed by atoms with E-state index in [4.69, 9.17) is 9.52 Å². The minimum absolute atomic E-state index is 0.0623. The van der Waals surface area contributed by atoms with Crippen LogP contribution < -0.4 is 0 Å². The molecule has 1 fully saturated rings. The van der Waals surface area contributed by atoms with Gasteiger partial charge in [0.25, 0.3) is 10.0 Å². The summed E-state index contributed by atoms with van der Waals surface area (Å²) >= 11 is 0. The molecule has 1 amide bonds. The number of furan rings is 1. The van der Waals surface area contributed by atoms with Gasteiger partial charge in [0.15, 0.2) is 0 Å². The number of sulfonamides is 1. The molecule has 26 heavy (non-hydrogen) atoms. The first-order valence-corrected chi connectivity index (χ1v) is 9.01. The summed E-state index contributed by atoms with van der Waals surface area (Å²) in [6.45, 7) is -1.53. The zero-order valence-electron chi connectivity index (χ0n) is 13.7. The number of piperidine rings is 1. The molecule has 1 aliphatic heterocycles. The van der Waals surface area contributed by atoms with Crippen molar-refractivity contribution >= 4 is 21.9 Å². The summed E-state index contributed by atoms with van der Waals surface area (Å²) in [5.74, 6) is -3.34. The molecule has 0 atom stereocenters. The van der Waals surface area contributed by atoms with Crippen molar-refractivity contribution in [2.75, 3.05) is 26.7 Å². The third kappa shape index (κ3) is 4.55. The molecule has 1 aliphatic rings. The van der Waals surface area contributed by atoms with E-state index in [9.17, 15) is 31.2 Å². The van der Waals surface area contributed by atoms with Crippen LogP contribution in [0.25, 0.3) is 0 Å². The fraction of sp³-hybridized carbons (Fsp3) is 0.571.